The highest BCUT2D eigenvalue weighted by molar-refractivity contribution is 6.00. The van der Waals surface area contributed by atoms with Crippen LogP contribution < -0.4 is 10.6 Å². The number of aryl methyl sites for hydroxylation is 2. The van der Waals surface area contributed by atoms with Crippen molar-refractivity contribution in [3.63, 3.8) is 0 Å². The molecule has 1 saturated heterocycles. The van der Waals surface area contributed by atoms with E-state index in [0.29, 0.717) is 42.1 Å². The second-order valence-electron chi connectivity index (χ2n) is 12.0. The largest absolute Gasteiger partial charge is 0.389 e. The van der Waals surface area contributed by atoms with E-state index in [9.17, 15) is 23.5 Å². The molecular formula is C36H45F2N3O3. The standard InChI is InChI=1S/C36H45F2N3O3/c1-4-15-41(5-2)36(44)29-17-24(3)16-28(21-29)35(43)40-33(20-27-18-30(37)22-31(38)19-27)34(42)32-14-13-26(23-39-32)12-11-25-9-7-6-8-10-25/h6-10,16-19,21-22,26,32-34,39,42H,4-5,11-15,20,23H2,1-3H3,(H,40,43)/t26?,32?,33-,34+/m0/s1. The highest BCUT2D eigenvalue weighted by Crippen LogP contribution is 2.24. The van der Waals surface area contributed by atoms with E-state index in [4.69, 9.17) is 0 Å². The van der Waals surface area contributed by atoms with Crippen LogP contribution in [-0.2, 0) is 12.8 Å². The first kappa shape index (κ1) is 33.3. The number of benzene rings is 3. The molecule has 0 radical (unpaired) electrons. The van der Waals surface area contributed by atoms with Crippen LogP contribution in [0, 0.1) is 24.5 Å². The summed E-state index contributed by atoms with van der Waals surface area (Å²) < 4.78 is 28.2. The van der Waals surface area contributed by atoms with E-state index >= 15 is 0 Å². The van der Waals surface area contributed by atoms with Crippen molar-refractivity contribution in [3.8, 4) is 0 Å². The number of amides is 2. The Morgan fingerprint density at radius 3 is 2.32 bits per heavy atom. The molecule has 1 heterocycles. The van der Waals surface area contributed by atoms with Crippen LogP contribution in [0.15, 0.2) is 66.7 Å². The van der Waals surface area contributed by atoms with E-state index in [0.717, 1.165) is 43.9 Å². The van der Waals surface area contributed by atoms with Crippen LogP contribution in [0.25, 0.3) is 0 Å². The van der Waals surface area contributed by atoms with Crippen molar-refractivity contribution in [2.45, 2.75) is 77.5 Å². The van der Waals surface area contributed by atoms with Crippen LogP contribution in [0.2, 0.25) is 0 Å². The van der Waals surface area contributed by atoms with Gasteiger partial charge < -0.3 is 20.6 Å². The van der Waals surface area contributed by atoms with Crippen molar-refractivity contribution >= 4 is 11.8 Å². The lowest BCUT2D eigenvalue weighted by Gasteiger charge is -2.36. The summed E-state index contributed by atoms with van der Waals surface area (Å²) in [5, 5.41) is 18.0. The SMILES string of the molecule is CCCN(CC)C(=O)c1cc(C)cc(C(=O)N[C@@H](Cc2cc(F)cc(F)c2)[C@H](O)C2CCC(CCc3ccccc3)CN2)c1. The number of carbonyl (C=O) groups is 2. The number of halogens is 2. The molecule has 6 nitrogen and oxygen atoms in total. The second-order valence-corrected chi connectivity index (χ2v) is 12.0. The van der Waals surface area contributed by atoms with Gasteiger partial charge in [0.15, 0.2) is 0 Å². The lowest BCUT2D eigenvalue weighted by molar-refractivity contribution is 0.0595. The van der Waals surface area contributed by atoms with Crippen LogP contribution in [-0.4, -0.2) is 59.6 Å². The Bertz CT molecular complexity index is 1370. The topological polar surface area (TPSA) is 81.7 Å². The highest BCUT2D eigenvalue weighted by atomic mass is 19.1. The number of piperidine rings is 1. The van der Waals surface area contributed by atoms with E-state index in [1.54, 1.807) is 23.1 Å². The predicted octanol–water partition coefficient (Wildman–Crippen LogP) is 5.85. The summed E-state index contributed by atoms with van der Waals surface area (Å²) in [6.07, 6.45) is 3.50. The van der Waals surface area contributed by atoms with Crippen molar-refractivity contribution in [3.05, 3.63) is 106 Å². The van der Waals surface area contributed by atoms with E-state index < -0.39 is 29.7 Å². The molecule has 236 valence electrons. The molecule has 0 aliphatic carbocycles. The molecule has 4 atom stereocenters. The number of hydrogen-bond acceptors (Lipinski definition) is 4. The minimum Gasteiger partial charge on any atom is -0.389 e. The van der Waals surface area contributed by atoms with Crippen molar-refractivity contribution in [2.24, 2.45) is 5.92 Å². The molecule has 0 bridgehead atoms. The third kappa shape index (κ3) is 9.19. The molecule has 0 aromatic heterocycles. The van der Waals surface area contributed by atoms with E-state index in [1.807, 2.05) is 39.0 Å². The molecule has 0 spiro atoms. The molecule has 2 unspecified atom stereocenters. The van der Waals surface area contributed by atoms with Crippen LogP contribution in [0.5, 0.6) is 0 Å². The summed E-state index contributed by atoms with van der Waals surface area (Å²) in [5.41, 5.74) is 3.11. The Hall–Kier alpha value is -3.62. The Morgan fingerprint density at radius 2 is 1.68 bits per heavy atom. The predicted molar refractivity (Wildman–Crippen MR) is 170 cm³/mol. The Labute approximate surface area is 259 Å². The zero-order valence-electron chi connectivity index (χ0n) is 26.0. The zero-order chi connectivity index (χ0) is 31.6. The van der Waals surface area contributed by atoms with Gasteiger partial charge in [-0.25, -0.2) is 8.78 Å². The van der Waals surface area contributed by atoms with Crippen molar-refractivity contribution in [1.29, 1.82) is 0 Å². The summed E-state index contributed by atoms with van der Waals surface area (Å²) in [7, 11) is 0. The number of rotatable bonds is 13. The lowest BCUT2D eigenvalue weighted by atomic mass is 9.85. The van der Waals surface area contributed by atoms with Gasteiger partial charge in [0.25, 0.3) is 11.8 Å². The maximum atomic E-state index is 14.1. The minimum absolute atomic E-state index is 0.0366. The van der Waals surface area contributed by atoms with Crippen molar-refractivity contribution in [1.82, 2.24) is 15.5 Å². The van der Waals surface area contributed by atoms with Gasteiger partial charge in [-0.1, -0.05) is 37.3 Å². The van der Waals surface area contributed by atoms with Gasteiger partial charge in [0.05, 0.1) is 12.1 Å². The summed E-state index contributed by atoms with van der Waals surface area (Å²) in [6, 6.07) is 17.5. The maximum absolute atomic E-state index is 14.1. The summed E-state index contributed by atoms with van der Waals surface area (Å²) >= 11 is 0. The number of nitrogens with one attached hydrogen (secondary N) is 2. The number of aliphatic hydroxyl groups excluding tert-OH is 1. The van der Waals surface area contributed by atoms with Gasteiger partial charge in [-0.15, -0.1) is 0 Å². The summed E-state index contributed by atoms with van der Waals surface area (Å²) in [4.78, 5) is 28.5. The van der Waals surface area contributed by atoms with E-state index in [1.165, 1.54) is 17.7 Å². The molecule has 2 amide bonds. The molecule has 3 aromatic carbocycles. The third-order valence-corrected chi connectivity index (χ3v) is 8.51. The average molecular weight is 606 g/mol. The van der Waals surface area contributed by atoms with Crippen LogP contribution in [0.4, 0.5) is 8.78 Å². The monoisotopic (exact) mass is 605 g/mol. The molecule has 1 fully saturated rings. The molecule has 8 heteroatoms. The van der Waals surface area contributed by atoms with Crippen LogP contribution >= 0.6 is 0 Å². The normalized spacial score (nSPS) is 18.0. The van der Waals surface area contributed by atoms with Gasteiger partial charge in [-0.2, -0.15) is 0 Å². The fourth-order valence-electron chi connectivity index (χ4n) is 6.16. The smallest absolute Gasteiger partial charge is 0.253 e. The maximum Gasteiger partial charge on any atom is 0.253 e. The van der Waals surface area contributed by atoms with E-state index in [2.05, 4.69) is 22.8 Å². The van der Waals surface area contributed by atoms with Gasteiger partial charge in [-0.3, -0.25) is 9.59 Å². The van der Waals surface area contributed by atoms with Crippen LogP contribution in [0.1, 0.15) is 76.9 Å². The Balaban J connectivity index is 1.49. The number of nitrogens with zero attached hydrogens (tertiary/aromatic N) is 1. The fraction of sp³-hybridized carbons (Fsp3) is 0.444. The minimum atomic E-state index is -1.01. The van der Waals surface area contributed by atoms with Crippen LogP contribution in [0.3, 0.4) is 0 Å². The van der Waals surface area contributed by atoms with Crippen molar-refractivity contribution in [2.75, 3.05) is 19.6 Å². The molecule has 1 aliphatic heterocycles. The first-order valence-electron chi connectivity index (χ1n) is 15.8. The third-order valence-electron chi connectivity index (χ3n) is 8.51. The fourth-order valence-corrected chi connectivity index (χ4v) is 6.16. The Kier molecular flexibility index (Phi) is 12.0. The molecule has 3 N–H and O–H groups in total. The average Bonchev–Trinajstić information content (AvgIpc) is 3.01. The number of carbonyl (C=O) groups excluding carboxylic acids is 2. The molecule has 44 heavy (non-hydrogen) atoms. The highest BCUT2D eigenvalue weighted by Gasteiger charge is 2.33. The van der Waals surface area contributed by atoms with Crippen molar-refractivity contribution < 1.29 is 23.5 Å². The van der Waals surface area contributed by atoms with Gasteiger partial charge in [0, 0.05) is 36.3 Å². The first-order chi connectivity index (χ1) is 21.2. The van der Waals surface area contributed by atoms with E-state index in [-0.39, 0.29) is 18.4 Å². The van der Waals surface area contributed by atoms with Gasteiger partial charge in [0.1, 0.15) is 11.6 Å². The molecular weight excluding hydrogens is 560 g/mol. The van der Waals surface area contributed by atoms with Gasteiger partial charge in [0.2, 0.25) is 0 Å². The number of aliphatic hydroxyl groups is 1. The molecule has 3 aromatic rings. The Morgan fingerprint density at radius 1 is 0.977 bits per heavy atom. The second kappa shape index (κ2) is 15.9. The molecule has 1 aliphatic rings. The zero-order valence-corrected chi connectivity index (χ0v) is 26.0. The van der Waals surface area contributed by atoms with Gasteiger partial charge in [-0.05, 0) is 112 Å². The summed E-state index contributed by atoms with van der Waals surface area (Å²) in [5.74, 6) is -1.58. The molecule has 0 saturated carbocycles. The lowest BCUT2D eigenvalue weighted by Crippen LogP contribution is -2.56. The first-order valence-corrected chi connectivity index (χ1v) is 15.8. The molecule has 4 rings (SSSR count). The number of hydrogen-bond donors (Lipinski definition) is 3. The quantitative estimate of drug-likeness (QED) is 0.228. The summed E-state index contributed by atoms with van der Waals surface area (Å²) in [6.45, 7) is 7.66. The van der Waals surface area contributed by atoms with Gasteiger partial charge >= 0.3 is 0 Å².